The van der Waals surface area contributed by atoms with Crippen LogP contribution in [0.5, 0.6) is 0 Å². The lowest BCUT2D eigenvalue weighted by Crippen LogP contribution is -2.34. The van der Waals surface area contributed by atoms with E-state index in [9.17, 15) is 0 Å². The smallest absolute Gasteiger partial charge is 0.204 e. The molecule has 5 heteroatoms. The Morgan fingerprint density at radius 2 is 2.35 bits per heavy atom. The van der Waals surface area contributed by atoms with Gasteiger partial charge in [-0.2, -0.15) is 0 Å². The number of hydrogen-bond acceptors (Lipinski definition) is 4. The van der Waals surface area contributed by atoms with Crippen LogP contribution in [0.25, 0.3) is 0 Å². The van der Waals surface area contributed by atoms with Crippen LogP contribution < -0.4 is 10.2 Å². The van der Waals surface area contributed by atoms with Crippen molar-refractivity contribution in [3.63, 3.8) is 0 Å². The largest absolute Gasteiger partial charge is 0.377 e. The second-order valence-electron chi connectivity index (χ2n) is 4.85. The fourth-order valence-corrected chi connectivity index (χ4v) is 2.25. The van der Waals surface area contributed by atoms with Crippen LogP contribution in [0.3, 0.4) is 0 Å². The summed E-state index contributed by atoms with van der Waals surface area (Å²) in [5.74, 6) is 0.984. The molecule has 5 nitrogen and oxygen atoms in total. The normalized spacial score (nSPS) is 24.2. The molecule has 2 rings (SSSR count). The van der Waals surface area contributed by atoms with Crippen LogP contribution in [-0.4, -0.2) is 42.4 Å². The van der Waals surface area contributed by atoms with E-state index in [2.05, 4.69) is 21.8 Å². The zero-order chi connectivity index (χ0) is 12.4. The van der Waals surface area contributed by atoms with E-state index >= 15 is 0 Å². The molecule has 1 aromatic heterocycles. The Balaban J connectivity index is 1.95. The predicted molar refractivity (Wildman–Crippen MR) is 68.2 cm³/mol. The Bertz CT molecular complexity index is 375. The molecule has 0 amide bonds. The number of anilines is 1. The molecule has 2 atom stereocenters. The highest BCUT2D eigenvalue weighted by Crippen LogP contribution is 2.15. The van der Waals surface area contributed by atoms with Gasteiger partial charge in [-0.05, 0) is 13.3 Å². The van der Waals surface area contributed by atoms with Gasteiger partial charge in [0.2, 0.25) is 5.95 Å². The van der Waals surface area contributed by atoms with E-state index in [-0.39, 0.29) is 0 Å². The van der Waals surface area contributed by atoms with E-state index in [0.29, 0.717) is 12.1 Å². The molecule has 0 aliphatic carbocycles. The maximum absolute atomic E-state index is 5.53. The van der Waals surface area contributed by atoms with Crippen LogP contribution in [0.2, 0.25) is 0 Å². The van der Waals surface area contributed by atoms with E-state index in [4.69, 9.17) is 4.74 Å². The molecule has 17 heavy (non-hydrogen) atoms. The highest BCUT2D eigenvalue weighted by molar-refractivity contribution is 5.30. The average Bonchev–Trinajstić information content (AvgIpc) is 2.82. The van der Waals surface area contributed by atoms with Crippen molar-refractivity contribution < 1.29 is 4.74 Å². The lowest BCUT2D eigenvalue weighted by molar-refractivity contribution is 0.113. The number of ether oxygens (including phenoxy) is 1. The minimum Gasteiger partial charge on any atom is -0.377 e. The van der Waals surface area contributed by atoms with Gasteiger partial charge in [-0.15, -0.1) is 0 Å². The van der Waals surface area contributed by atoms with Crippen LogP contribution in [-0.2, 0) is 18.3 Å². The van der Waals surface area contributed by atoms with Gasteiger partial charge >= 0.3 is 0 Å². The molecule has 1 aromatic rings. The third-order valence-electron chi connectivity index (χ3n) is 3.38. The molecule has 2 heterocycles. The molecular formula is C12H22N4O. The third-order valence-corrected chi connectivity index (χ3v) is 3.38. The monoisotopic (exact) mass is 238 g/mol. The van der Waals surface area contributed by atoms with Gasteiger partial charge in [0, 0.05) is 40.3 Å². The SMILES string of the molecule is CC1OCCC1NCc1cnc(N(C)C)n1C. The topological polar surface area (TPSA) is 42.3 Å². The summed E-state index contributed by atoms with van der Waals surface area (Å²) in [5.41, 5.74) is 1.20. The Morgan fingerprint density at radius 3 is 2.88 bits per heavy atom. The molecular weight excluding hydrogens is 216 g/mol. The molecule has 0 radical (unpaired) electrons. The van der Waals surface area contributed by atoms with Crippen LogP contribution in [0, 0.1) is 0 Å². The van der Waals surface area contributed by atoms with Crippen molar-refractivity contribution in [2.24, 2.45) is 7.05 Å². The number of aromatic nitrogens is 2. The first-order chi connectivity index (χ1) is 8.09. The van der Waals surface area contributed by atoms with E-state index in [1.165, 1.54) is 5.69 Å². The van der Waals surface area contributed by atoms with Gasteiger partial charge in [0.15, 0.2) is 0 Å². The Kier molecular flexibility index (Phi) is 3.69. The summed E-state index contributed by atoms with van der Waals surface area (Å²) in [5, 5.41) is 3.54. The summed E-state index contributed by atoms with van der Waals surface area (Å²) in [6, 6.07) is 0.465. The van der Waals surface area contributed by atoms with Crippen LogP contribution >= 0.6 is 0 Å². The third kappa shape index (κ3) is 2.61. The number of nitrogens with one attached hydrogen (secondary N) is 1. The van der Waals surface area contributed by atoms with E-state index in [1.807, 2.05) is 32.2 Å². The quantitative estimate of drug-likeness (QED) is 0.840. The standard InChI is InChI=1S/C12H22N4O/c1-9-11(5-6-17-9)13-7-10-8-14-12(15(2)3)16(10)4/h8-9,11,13H,5-7H2,1-4H3. The second kappa shape index (κ2) is 5.06. The molecule has 0 bridgehead atoms. The predicted octanol–water partition coefficient (Wildman–Crippen LogP) is 0.753. The first-order valence-corrected chi connectivity index (χ1v) is 6.12. The first-order valence-electron chi connectivity index (χ1n) is 6.12. The molecule has 1 saturated heterocycles. The number of rotatable bonds is 4. The van der Waals surface area contributed by atoms with Gasteiger partial charge in [0.05, 0.1) is 18.0 Å². The first kappa shape index (κ1) is 12.4. The van der Waals surface area contributed by atoms with Crippen molar-refractivity contribution in [1.29, 1.82) is 0 Å². The van der Waals surface area contributed by atoms with Gasteiger partial charge in [0.1, 0.15) is 0 Å². The molecule has 96 valence electrons. The van der Waals surface area contributed by atoms with Crippen LogP contribution in [0.4, 0.5) is 5.95 Å². The summed E-state index contributed by atoms with van der Waals surface area (Å²) in [6.07, 6.45) is 3.35. The molecule has 0 aromatic carbocycles. The van der Waals surface area contributed by atoms with Crippen LogP contribution in [0.1, 0.15) is 19.0 Å². The summed E-state index contributed by atoms with van der Waals surface area (Å²) >= 11 is 0. The van der Waals surface area contributed by atoms with Crippen molar-refractivity contribution in [3.05, 3.63) is 11.9 Å². The molecule has 0 saturated carbocycles. The summed E-state index contributed by atoms with van der Waals surface area (Å²) in [6.45, 7) is 3.84. The minimum atomic E-state index is 0.316. The maximum Gasteiger partial charge on any atom is 0.204 e. The number of nitrogens with zero attached hydrogens (tertiary/aromatic N) is 3. The maximum atomic E-state index is 5.53. The van der Waals surface area contributed by atoms with Gasteiger partial charge in [-0.3, -0.25) is 0 Å². The second-order valence-corrected chi connectivity index (χ2v) is 4.85. The van der Waals surface area contributed by atoms with Crippen molar-refractivity contribution in [3.8, 4) is 0 Å². The van der Waals surface area contributed by atoms with Crippen molar-refractivity contribution >= 4 is 5.95 Å². The Hall–Kier alpha value is -1.07. The summed E-state index contributed by atoms with van der Waals surface area (Å²) in [7, 11) is 6.06. The van der Waals surface area contributed by atoms with Crippen molar-refractivity contribution in [1.82, 2.24) is 14.9 Å². The van der Waals surface area contributed by atoms with Gasteiger partial charge < -0.3 is 19.5 Å². The molecule has 1 N–H and O–H groups in total. The number of hydrogen-bond donors (Lipinski definition) is 1. The summed E-state index contributed by atoms with van der Waals surface area (Å²) < 4.78 is 7.65. The van der Waals surface area contributed by atoms with E-state index < -0.39 is 0 Å². The zero-order valence-electron chi connectivity index (χ0n) is 11.1. The molecule has 1 aliphatic rings. The fraction of sp³-hybridized carbons (Fsp3) is 0.750. The summed E-state index contributed by atoms with van der Waals surface area (Å²) in [4.78, 5) is 6.42. The number of imidazole rings is 1. The molecule has 1 aliphatic heterocycles. The Labute approximate surface area is 103 Å². The molecule has 2 unspecified atom stereocenters. The van der Waals surface area contributed by atoms with Gasteiger partial charge in [0.25, 0.3) is 0 Å². The molecule has 1 fully saturated rings. The fourth-order valence-electron chi connectivity index (χ4n) is 2.25. The van der Waals surface area contributed by atoms with E-state index in [0.717, 1.165) is 25.5 Å². The zero-order valence-corrected chi connectivity index (χ0v) is 11.1. The van der Waals surface area contributed by atoms with Crippen LogP contribution in [0.15, 0.2) is 6.20 Å². The van der Waals surface area contributed by atoms with Gasteiger partial charge in [-0.1, -0.05) is 0 Å². The minimum absolute atomic E-state index is 0.316. The molecule has 0 spiro atoms. The highest BCUT2D eigenvalue weighted by Gasteiger charge is 2.23. The lowest BCUT2D eigenvalue weighted by Gasteiger charge is -2.17. The van der Waals surface area contributed by atoms with Gasteiger partial charge in [-0.25, -0.2) is 4.98 Å². The van der Waals surface area contributed by atoms with E-state index in [1.54, 1.807) is 0 Å². The highest BCUT2D eigenvalue weighted by atomic mass is 16.5. The average molecular weight is 238 g/mol. The van der Waals surface area contributed by atoms with Crippen molar-refractivity contribution in [2.45, 2.75) is 32.0 Å². The van der Waals surface area contributed by atoms with Crippen molar-refractivity contribution in [2.75, 3.05) is 25.6 Å². The Morgan fingerprint density at radius 1 is 1.59 bits per heavy atom. The lowest BCUT2D eigenvalue weighted by atomic mass is 10.1.